The van der Waals surface area contributed by atoms with E-state index < -0.39 is 23.4 Å². The van der Waals surface area contributed by atoms with Crippen LogP contribution in [0.1, 0.15) is 27.2 Å². The molecule has 2 fully saturated rings. The summed E-state index contributed by atoms with van der Waals surface area (Å²) in [6, 6.07) is 0. The predicted octanol–water partition coefficient (Wildman–Crippen LogP) is 3.27. The molecule has 76 valence electrons. The summed E-state index contributed by atoms with van der Waals surface area (Å²) in [6.45, 7) is 4.78. The topological polar surface area (TPSA) is 0 Å². The van der Waals surface area contributed by atoms with E-state index in [1.165, 1.54) is 0 Å². The van der Waals surface area contributed by atoms with Crippen LogP contribution in [0.25, 0.3) is 0 Å². The van der Waals surface area contributed by atoms with Crippen LogP contribution in [0.15, 0.2) is 0 Å². The molecule has 5 atom stereocenters. The molecule has 2 aliphatic carbocycles. The van der Waals surface area contributed by atoms with Crippen LogP contribution in [0, 0.1) is 23.7 Å². The van der Waals surface area contributed by atoms with Crippen molar-refractivity contribution in [3.05, 3.63) is 0 Å². The summed E-state index contributed by atoms with van der Waals surface area (Å²) < 4.78 is 40.7. The van der Waals surface area contributed by atoms with Gasteiger partial charge in [0.25, 0.3) is 5.92 Å². The molecule has 0 amide bonds. The summed E-state index contributed by atoms with van der Waals surface area (Å²) in [7, 11) is 0. The van der Waals surface area contributed by atoms with Crippen molar-refractivity contribution in [3.63, 3.8) is 0 Å². The van der Waals surface area contributed by atoms with Gasteiger partial charge >= 0.3 is 0 Å². The monoisotopic (exact) mass is 192 g/mol. The Bertz CT molecular complexity index is 210. The van der Waals surface area contributed by atoms with Crippen LogP contribution in [0.4, 0.5) is 13.2 Å². The van der Waals surface area contributed by atoms with Crippen molar-refractivity contribution in [1.29, 1.82) is 0 Å². The van der Waals surface area contributed by atoms with Crippen molar-refractivity contribution >= 4 is 0 Å². The molecule has 0 spiro atoms. The maximum atomic E-state index is 13.8. The highest BCUT2D eigenvalue weighted by Gasteiger charge is 2.73. The van der Waals surface area contributed by atoms with Crippen LogP contribution in [0.2, 0.25) is 0 Å². The van der Waals surface area contributed by atoms with Gasteiger partial charge in [-0.05, 0) is 25.2 Å². The zero-order chi connectivity index (χ0) is 10.0. The Labute approximate surface area is 76.5 Å². The lowest BCUT2D eigenvalue weighted by molar-refractivity contribution is -0.184. The van der Waals surface area contributed by atoms with E-state index in [0.717, 1.165) is 6.92 Å². The van der Waals surface area contributed by atoms with Gasteiger partial charge in [-0.25, -0.2) is 13.2 Å². The van der Waals surface area contributed by atoms with Crippen molar-refractivity contribution in [2.45, 2.75) is 38.8 Å². The Hall–Kier alpha value is -0.210. The van der Waals surface area contributed by atoms with Crippen LogP contribution in [-0.2, 0) is 0 Å². The lowest BCUT2D eigenvalue weighted by Crippen LogP contribution is -2.51. The zero-order valence-electron chi connectivity index (χ0n) is 8.15. The second-order valence-electron chi connectivity index (χ2n) is 4.87. The smallest absolute Gasteiger partial charge is 0.237 e. The standard InChI is InChI=1S/C10H15F3/c1-5-6(2)8-4-7(5)9(3,11)10(8,12)13/h5-8H,4H2,1-3H3. The Morgan fingerprint density at radius 2 is 1.46 bits per heavy atom. The minimum Gasteiger partial charge on any atom is -0.237 e. The SMILES string of the molecule is CC1C(C)C2CC1C(C)(F)C2(F)F. The van der Waals surface area contributed by atoms with Gasteiger partial charge in [0, 0.05) is 11.8 Å². The minimum absolute atomic E-state index is 0.0381. The summed E-state index contributed by atoms with van der Waals surface area (Å²) in [5, 5.41) is 0. The van der Waals surface area contributed by atoms with Crippen molar-refractivity contribution in [2.24, 2.45) is 23.7 Å². The van der Waals surface area contributed by atoms with Gasteiger partial charge in [0.2, 0.25) is 0 Å². The van der Waals surface area contributed by atoms with Crippen LogP contribution in [0.5, 0.6) is 0 Å². The van der Waals surface area contributed by atoms with Gasteiger partial charge < -0.3 is 0 Å². The molecule has 0 aromatic carbocycles. The largest absolute Gasteiger partial charge is 0.284 e. The van der Waals surface area contributed by atoms with Gasteiger partial charge in [-0.15, -0.1) is 0 Å². The Morgan fingerprint density at radius 1 is 1.00 bits per heavy atom. The lowest BCUT2D eigenvalue weighted by Gasteiger charge is -2.40. The molecular formula is C10H15F3. The first kappa shape index (κ1) is 9.35. The van der Waals surface area contributed by atoms with Gasteiger partial charge in [-0.2, -0.15) is 0 Å². The molecule has 2 aliphatic rings. The Morgan fingerprint density at radius 3 is 1.85 bits per heavy atom. The van der Waals surface area contributed by atoms with Gasteiger partial charge in [0.1, 0.15) is 0 Å². The van der Waals surface area contributed by atoms with Crippen LogP contribution < -0.4 is 0 Å². The molecule has 0 nitrogen and oxygen atoms in total. The molecule has 0 heterocycles. The van der Waals surface area contributed by atoms with Gasteiger partial charge in [-0.1, -0.05) is 13.8 Å². The first-order valence-corrected chi connectivity index (χ1v) is 4.87. The second kappa shape index (κ2) is 2.23. The fourth-order valence-corrected chi connectivity index (χ4v) is 3.24. The fraction of sp³-hybridized carbons (Fsp3) is 1.00. The zero-order valence-corrected chi connectivity index (χ0v) is 8.15. The molecule has 13 heavy (non-hydrogen) atoms. The highest BCUT2D eigenvalue weighted by molar-refractivity contribution is 5.14. The summed E-state index contributed by atoms with van der Waals surface area (Å²) in [6.07, 6.45) is 0.363. The molecule has 2 saturated carbocycles. The number of halogens is 3. The molecular weight excluding hydrogens is 177 g/mol. The molecule has 2 rings (SSSR count). The first-order valence-electron chi connectivity index (χ1n) is 4.87. The van der Waals surface area contributed by atoms with Crippen LogP contribution >= 0.6 is 0 Å². The fourth-order valence-electron chi connectivity index (χ4n) is 3.24. The molecule has 0 radical (unpaired) electrons. The quantitative estimate of drug-likeness (QED) is 0.552. The summed E-state index contributed by atoms with van der Waals surface area (Å²) in [5.41, 5.74) is -2.27. The minimum atomic E-state index is -3.11. The number of alkyl halides is 3. The first-order chi connectivity index (χ1) is 5.80. The van der Waals surface area contributed by atoms with Crippen molar-refractivity contribution < 1.29 is 13.2 Å². The summed E-state index contributed by atoms with van der Waals surface area (Å²) in [4.78, 5) is 0. The van der Waals surface area contributed by atoms with E-state index in [9.17, 15) is 13.2 Å². The van der Waals surface area contributed by atoms with E-state index in [1.807, 2.05) is 13.8 Å². The van der Waals surface area contributed by atoms with Crippen LogP contribution in [0.3, 0.4) is 0 Å². The molecule has 0 aromatic rings. The van der Waals surface area contributed by atoms with Crippen molar-refractivity contribution in [2.75, 3.05) is 0 Å². The second-order valence-corrected chi connectivity index (χ2v) is 4.87. The van der Waals surface area contributed by atoms with Gasteiger partial charge in [-0.3, -0.25) is 0 Å². The molecule has 0 saturated heterocycles. The van der Waals surface area contributed by atoms with Crippen LogP contribution in [-0.4, -0.2) is 11.6 Å². The average Bonchev–Trinajstić information content (AvgIpc) is 2.36. The highest BCUT2D eigenvalue weighted by atomic mass is 19.3. The molecule has 0 N–H and O–H groups in total. The van der Waals surface area contributed by atoms with Crippen molar-refractivity contribution in [3.8, 4) is 0 Å². The third-order valence-electron chi connectivity index (χ3n) is 4.42. The summed E-state index contributed by atoms with van der Waals surface area (Å²) >= 11 is 0. The third-order valence-corrected chi connectivity index (χ3v) is 4.42. The predicted molar refractivity (Wildman–Crippen MR) is 44.4 cm³/mol. The van der Waals surface area contributed by atoms with E-state index in [2.05, 4.69) is 0 Å². The molecule has 2 bridgehead atoms. The van der Waals surface area contributed by atoms with Crippen molar-refractivity contribution in [1.82, 2.24) is 0 Å². The van der Waals surface area contributed by atoms with Gasteiger partial charge in [0.15, 0.2) is 5.67 Å². The van der Waals surface area contributed by atoms with E-state index in [0.29, 0.717) is 6.42 Å². The number of hydrogen-bond donors (Lipinski definition) is 0. The van der Waals surface area contributed by atoms with E-state index >= 15 is 0 Å². The molecule has 0 aliphatic heterocycles. The maximum Gasteiger partial charge on any atom is 0.284 e. The Balaban J connectivity index is 2.40. The summed E-state index contributed by atoms with van der Waals surface area (Å²) in [5.74, 6) is -4.22. The lowest BCUT2D eigenvalue weighted by atomic mass is 9.72. The van der Waals surface area contributed by atoms with E-state index in [4.69, 9.17) is 0 Å². The molecule has 0 aromatic heterocycles. The number of rotatable bonds is 0. The van der Waals surface area contributed by atoms with E-state index in [1.54, 1.807) is 0 Å². The highest BCUT2D eigenvalue weighted by Crippen LogP contribution is 2.65. The third kappa shape index (κ3) is 0.835. The molecule has 5 unspecified atom stereocenters. The average molecular weight is 192 g/mol. The Kier molecular flexibility index (Phi) is 1.61. The maximum absolute atomic E-state index is 13.8. The normalized spacial score (nSPS) is 58.6. The molecule has 3 heteroatoms. The number of fused-ring (bicyclic) bond motifs is 2. The number of hydrogen-bond acceptors (Lipinski definition) is 0. The van der Waals surface area contributed by atoms with E-state index in [-0.39, 0.29) is 11.8 Å². The van der Waals surface area contributed by atoms with Gasteiger partial charge in [0.05, 0.1) is 0 Å².